The van der Waals surface area contributed by atoms with Crippen molar-refractivity contribution in [2.24, 2.45) is 0 Å². The minimum Gasteiger partial charge on any atom is -0.423 e. The lowest BCUT2D eigenvalue weighted by molar-refractivity contribution is 0.424. The maximum Gasteiger partial charge on any atom is 0.488 e. The van der Waals surface area contributed by atoms with Crippen LogP contribution < -0.4 is 5.46 Å². The summed E-state index contributed by atoms with van der Waals surface area (Å²) in [5, 5.41) is 18.3. The van der Waals surface area contributed by atoms with Gasteiger partial charge in [0.1, 0.15) is 5.82 Å². The molecule has 1 rings (SSSR count). The summed E-state index contributed by atoms with van der Waals surface area (Å²) in [5.41, 5.74) is 1.45. The highest BCUT2D eigenvalue weighted by Gasteiger charge is 2.19. The van der Waals surface area contributed by atoms with Crippen LogP contribution in [0, 0.1) is 5.82 Å². The number of hydrogen-bond donors (Lipinski definition) is 2. The molecule has 0 saturated heterocycles. The zero-order valence-corrected chi connectivity index (χ0v) is 9.29. The molecule has 2 nitrogen and oxygen atoms in total. The highest BCUT2D eigenvalue weighted by atomic mass is 19.1. The summed E-state index contributed by atoms with van der Waals surface area (Å²) >= 11 is 0. The molecule has 0 spiro atoms. The van der Waals surface area contributed by atoms with Crippen LogP contribution in [0.3, 0.4) is 0 Å². The smallest absolute Gasteiger partial charge is 0.423 e. The van der Waals surface area contributed by atoms with Crippen molar-refractivity contribution in [3.8, 4) is 0 Å². The van der Waals surface area contributed by atoms with Gasteiger partial charge in [0.25, 0.3) is 0 Å². The first kappa shape index (κ1) is 12.2. The summed E-state index contributed by atoms with van der Waals surface area (Å²) in [4.78, 5) is 0. The SMILES string of the molecule is CCc1c(F)cc(C(C)C)cc1B(O)O. The summed E-state index contributed by atoms with van der Waals surface area (Å²) < 4.78 is 13.6. The minimum absolute atomic E-state index is 0.169. The van der Waals surface area contributed by atoms with Crippen LogP contribution in [0.4, 0.5) is 4.39 Å². The van der Waals surface area contributed by atoms with E-state index in [4.69, 9.17) is 10.0 Å². The van der Waals surface area contributed by atoms with Crippen LogP contribution in [-0.4, -0.2) is 17.2 Å². The van der Waals surface area contributed by atoms with E-state index in [1.807, 2.05) is 13.8 Å². The van der Waals surface area contributed by atoms with E-state index in [-0.39, 0.29) is 17.2 Å². The average molecular weight is 210 g/mol. The van der Waals surface area contributed by atoms with Crippen molar-refractivity contribution < 1.29 is 14.4 Å². The Bertz CT molecular complexity index is 351. The van der Waals surface area contributed by atoms with Crippen molar-refractivity contribution in [1.29, 1.82) is 0 Å². The maximum atomic E-state index is 13.6. The van der Waals surface area contributed by atoms with E-state index >= 15 is 0 Å². The zero-order chi connectivity index (χ0) is 11.6. The summed E-state index contributed by atoms with van der Waals surface area (Å²) in [6.45, 7) is 5.67. The molecule has 0 amide bonds. The molecular formula is C11H16BFO2. The molecular weight excluding hydrogens is 194 g/mol. The van der Waals surface area contributed by atoms with E-state index in [9.17, 15) is 4.39 Å². The molecule has 0 radical (unpaired) electrons. The summed E-state index contributed by atoms with van der Waals surface area (Å²) in [6, 6.07) is 3.13. The van der Waals surface area contributed by atoms with E-state index < -0.39 is 7.12 Å². The van der Waals surface area contributed by atoms with Gasteiger partial charge in [0.2, 0.25) is 0 Å². The second kappa shape index (κ2) is 4.77. The normalized spacial score (nSPS) is 10.9. The van der Waals surface area contributed by atoms with Gasteiger partial charge in [-0.05, 0) is 35.0 Å². The fourth-order valence-corrected chi connectivity index (χ4v) is 1.62. The molecule has 0 aliphatic rings. The van der Waals surface area contributed by atoms with Gasteiger partial charge in [-0.25, -0.2) is 4.39 Å². The molecule has 0 aliphatic heterocycles. The second-order valence-electron chi connectivity index (χ2n) is 3.95. The molecule has 0 unspecified atom stereocenters. The Labute approximate surface area is 89.9 Å². The molecule has 4 heteroatoms. The highest BCUT2D eigenvalue weighted by Crippen LogP contribution is 2.17. The summed E-state index contributed by atoms with van der Waals surface area (Å²) in [7, 11) is -1.60. The van der Waals surface area contributed by atoms with Crippen LogP contribution in [0.1, 0.15) is 37.8 Å². The number of benzene rings is 1. The standard InChI is InChI=1S/C11H16BFO2/c1-4-9-10(12(14)15)5-8(7(2)3)6-11(9)13/h5-7,14-15H,4H2,1-3H3. The Morgan fingerprint density at radius 1 is 1.33 bits per heavy atom. The van der Waals surface area contributed by atoms with Crippen molar-refractivity contribution >= 4 is 12.6 Å². The van der Waals surface area contributed by atoms with Crippen molar-refractivity contribution in [1.82, 2.24) is 0 Å². The molecule has 0 saturated carbocycles. The van der Waals surface area contributed by atoms with Gasteiger partial charge in [-0.15, -0.1) is 0 Å². The minimum atomic E-state index is -1.60. The van der Waals surface area contributed by atoms with Crippen molar-refractivity contribution in [2.75, 3.05) is 0 Å². The molecule has 15 heavy (non-hydrogen) atoms. The Hall–Kier alpha value is -0.865. The zero-order valence-electron chi connectivity index (χ0n) is 9.29. The molecule has 1 aromatic rings. The monoisotopic (exact) mass is 210 g/mol. The van der Waals surface area contributed by atoms with Crippen LogP contribution >= 0.6 is 0 Å². The van der Waals surface area contributed by atoms with E-state index in [2.05, 4.69) is 0 Å². The van der Waals surface area contributed by atoms with Crippen LogP contribution in [0.5, 0.6) is 0 Å². The van der Waals surface area contributed by atoms with E-state index in [0.29, 0.717) is 12.0 Å². The van der Waals surface area contributed by atoms with Gasteiger partial charge in [0, 0.05) is 0 Å². The molecule has 0 atom stereocenters. The van der Waals surface area contributed by atoms with Crippen molar-refractivity contribution in [3.05, 3.63) is 29.1 Å². The van der Waals surface area contributed by atoms with Gasteiger partial charge in [-0.1, -0.05) is 26.8 Å². The number of hydrogen-bond acceptors (Lipinski definition) is 2. The lowest BCUT2D eigenvalue weighted by atomic mass is 9.74. The Balaban J connectivity index is 3.32. The molecule has 2 N–H and O–H groups in total. The van der Waals surface area contributed by atoms with Gasteiger partial charge in [-0.2, -0.15) is 0 Å². The average Bonchev–Trinajstić information content (AvgIpc) is 2.16. The number of halogens is 1. The molecule has 0 aromatic heterocycles. The Kier molecular flexibility index (Phi) is 3.88. The molecule has 82 valence electrons. The maximum absolute atomic E-state index is 13.6. The van der Waals surface area contributed by atoms with Crippen LogP contribution in [-0.2, 0) is 6.42 Å². The van der Waals surface area contributed by atoms with Crippen LogP contribution in [0.15, 0.2) is 12.1 Å². The lowest BCUT2D eigenvalue weighted by Gasteiger charge is -2.13. The first-order chi connectivity index (χ1) is 6.97. The van der Waals surface area contributed by atoms with E-state index in [1.165, 1.54) is 6.07 Å². The van der Waals surface area contributed by atoms with Crippen molar-refractivity contribution in [2.45, 2.75) is 33.1 Å². The topological polar surface area (TPSA) is 40.5 Å². The van der Waals surface area contributed by atoms with Gasteiger partial charge < -0.3 is 10.0 Å². The predicted molar refractivity (Wildman–Crippen MR) is 59.7 cm³/mol. The molecule has 0 bridgehead atoms. The fourth-order valence-electron chi connectivity index (χ4n) is 1.62. The quantitative estimate of drug-likeness (QED) is 0.735. The van der Waals surface area contributed by atoms with Gasteiger partial charge in [-0.3, -0.25) is 0 Å². The predicted octanol–water partition coefficient (Wildman–Crippen LogP) is 1.19. The third kappa shape index (κ3) is 2.58. The molecule has 1 aromatic carbocycles. The summed E-state index contributed by atoms with van der Waals surface area (Å²) in [5.74, 6) is -0.185. The lowest BCUT2D eigenvalue weighted by Crippen LogP contribution is -2.34. The first-order valence-corrected chi connectivity index (χ1v) is 5.15. The second-order valence-corrected chi connectivity index (χ2v) is 3.95. The molecule has 0 fully saturated rings. The van der Waals surface area contributed by atoms with E-state index in [0.717, 1.165) is 5.56 Å². The van der Waals surface area contributed by atoms with E-state index in [1.54, 1.807) is 13.0 Å². The van der Waals surface area contributed by atoms with Crippen LogP contribution in [0.2, 0.25) is 0 Å². The van der Waals surface area contributed by atoms with Gasteiger partial charge >= 0.3 is 7.12 Å². The Morgan fingerprint density at radius 3 is 2.33 bits per heavy atom. The van der Waals surface area contributed by atoms with Crippen molar-refractivity contribution in [3.63, 3.8) is 0 Å². The summed E-state index contributed by atoms with van der Waals surface area (Å²) in [6.07, 6.45) is 0.456. The first-order valence-electron chi connectivity index (χ1n) is 5.15. The van der Waals surface area contributed by atoms with Gasteiger partial charge in [0.05, 0.1) is 0 Å². The van der Waals surface area contributed by atoms with Crippen LogP contribution in [0.25, 0.3) is 0 Å². The highest BCUT2D eigenvalue weighted by molar-refractivity contribution is 6.59. The largest absolute Gasteiger partial charge is 0.488 e. The fraction of sp³-hybridized carbons (Fsp3) is 0.455. The molecule has 0 aliphatic carbocycles. The third-order valence-corrected chi connectivity index (χ3v) is 2.55. The molecule has 0 heterocycles. The third-order valence-electron chi connectivity index (χ3n) is 2.55. The number of rotatable bonds is 3. The van der Waals surface area contributed by atoms with Gasteiger partial charge in [0.15, 0.2) is 0 Å². The Morgan fingerprint density at radius 2 is 1.93 bits per heavy atom.